The van der Waals surface area contributed by atoms with Gasteiger partial charge < -0.3 is 19.2 Å². The fourth-order valence-electron chi connectivity index (χ4n) is 1.69. The number of hydrogen-bond acceptors (Lipinski definition) is 5. The lowest BCUT2D eigenvalue weighted by atomic mass is 10.3. The molecule has 1 rings (SSSR count). The summed E-state index contributed by atoms with van der Waals surface area (Å²) >= 11 is 0. The Morgan fingerprint density at radius 3 is 2.53 bits per heavy atom. The van der Waals surface area contributed by atoms with Crippen LogP contribution in [-0.4, -0.2) is 75.2 Å². The van der Waals surface area contributed by atoms with E-state index < -0.39 is 0 Å². The predicted octanol–water partition coefficient (Wildman–Crippen LogP) is -0.0240. The molecular weight excluding hydrogens is 224 g/mol. The summed E-state index contributed by atoms with van der Waals surface area (Å²) < 4.78 is 9.83. The second kappa shape index (κ2) is 8.03. The van der Waals surface area contributed by atoms with Crippen LogP contribution in [0, 0.1) is 0 Å². The zero-order chi connectivity index (χ0) is 12.5. The smallest absolute Gasteiger partial charge is 0.409 e. The lowest BCUT2D eigenvalue weighted by Crippen LogP contribution is -2.49. The van der Waals surface area contributed by atoms with Crippen molar-refractivity contribution in [1.82, 2.24) is 9.80 Å². The Kier molecular flexibility index (Phi) is 6.57. The molecule has 98 valence electrons. The molecule has 0 aliphatic carbocycles. The molecule has 1 fully saturated rings. The van der Waals surface area contributed by atoms with Gasteiger partial charge in [0, 0.05) is 46.3 Å². The maximum Gasteiger partial charge on any atom is 0.409 e. The summed E-state index contributed by atoms with van der Waals surface area (Å²) in [5.41, 5.74) is 0. The second-order valence-corrected chi connectivity index (χ2v) is 3.89. The number of piperazine rings is 1. The van der Waals surface area contributed by atoms with Crippen molar-refractivity contribution in [3.05, 3.63) is 0 Å². The minimum Gasteiger partial charge on any atom is -0.447 e. The van der Waals surface area contributed by atoms with Gasteiger partial charge in [0.25, 0.3) is 0 Å². The molecule has 6 nitrogen and oxygen atoms in total. The van der Waals surface area contributed by atoms with Crippen LogP contribution < -0.4 is 0 Å². The van der Waals surface area contributed by atoms with Crippen molar-refractivity contribution in [3.63, 3.8) is 0 Å². The summed E-state index contributed by atoms with van der Waals surface area (Å²) in [6.07, 6.45) is 1.20. The number of amides is 1. The summed E-state index contributed by atoms with van der Waals surface area (Å²) in [5, 5.41) is 0. The number of carbonyl (C=O) groups is 2. The third-order valence-corrected chi connectivity index (χ3v) is 2.71. The van der Waals surface area contributed by atoms with Gasteiger partial charge in [0.2, 0.25) is 0 Å². The minimum atomic E-state index is -0.280. The van der Waals surface area contributed by atoms with E-state index in [1.165, 1.54) is 0 Å². The molecule has 6 heteroatoms. The zero-order valence-corrected chi connectivity index (χ0v) is 10.3. The summed E-state index contributed by atoms with van der Waals surface area (Å²) in [7, 11) is 1.57. The number of aldehydes is 1. The van der Waals surface area contributed by atoms with Gasteiger partial charge in [-0.15, -0.1) is 0 Å². The molecular formula is C11H20N2O4. The van der Waals surface area contributed by atoms with Crippen LogP contribution in [0.5, 0.6) is 0 Å². The number of carbonyl (C=O) groups excluding carboxylic acids is 2. The first-order chi connectivity index (χ1) is 8.27. The first-order valence-electron chi connectivity index (χ1n) is 5.84. The largest absolute Gasteiger partial charge is 0.447 e. The van der Waals surface area contributed by atoms with Crippen LogP contribution in [0.3, 0.4) is 0 Å². The summed E-state index contributed by atoms with van der Waals surface area (Å²) in [4.78, 5) is 25.7. The monoisotopic (exact) mass is 244 g/mol. The highest BCUT2D eigenvalue weighted by atomic mass is 16.6. The molecule has 1 heterocycles. The summed E-state index contributed by atoms with van der Waals surface area (Å²) in [6.45, 7) is 4.40. The fourth-order valence-corrected chi connectivity index (χ4v) is 1.69. The van der Waals surface area contributed by atoms with E-state index >= 15 is 0 Å². The first kappa shape index (κ1) is 13.9. The van der Waals surface area contributed by atoms with Gasteiger partial charge in [-0.3, -0.25) is 4.90 Å². The summed E-state index contributed by atoms with van der Waals surface area (Å²) in [6, 6.07) is 0. The number of rotatable bonds is 6. The van der Waals surface area contributed by atoms with Gasteiger partial charge in [0.15, 0.2) is 0 Å². The van der Waals surface area contributed by atoms with Crippen LogP contribution in [-0.2, 0) is 14.3 Å². The molecule has 1 aliphatic rings. The van der Waals surface area contributed by atoms with Gasteiger partial charge in [0.05, 0.1) is 6.61 Å². The van der Waals surface area contributed by atoms with E-state index in [0.29, 0.717) is 32.7 Å². The summed E-state index contributed by atoms with van der Waals surface area (Å²) in [5.74, 6) is 0. The van der Waals surface area contributed by atoms with Crippen LogP contribution in [0.2, 0.25) is 0 Å². The highest BCUT2D eigenvalue weighted by molar-refractivity contribution is 5.67. The molecule has 1 amide bonds. The SMILES string of the molecule is COCCOC(=O)N1CCN(CCC=O)CC1. The normalized spacial score (nSPS) is 16.9. The van der Waals surface area contributed by atoms with Crippen molar-refractivity contribution >= 4 is 12.4 Å². The molecule has 0 aromatic heterocycles. The van der Waals surface area contributed by atoms with E-state index in [1.54, 1.807) is 12.0 Å². The molecule has 1 aliphatic heterocycles. The Morgan fingerprint density at radius 2 is 1.94 bits per heavy atom. The molecule has 0 saturated carbocycles. The van der Waals surface area contributed by atoms with Crippen molar-refractivity contribution in [2.45, 2.75) is 6.42 Å². The van der Waals surface area contributed by atoms with Crippen molar-refractivity contribution in [3.8, 4) is 0 Å². The number of methoxy groups -OCH3 is 1. The van der Waals surface area contributed by atoms with Crippen molar-refractivity contribution < 1.29 is 19.1 Å². The standard InChI is InChI=1S/C11H20N2O4/c1-16-9-10-17-11(15)13-6-4-12(5-7-13)3-2-8-14/h8H,2-7,9-10H2,1H3. The van der Waals surface area contributed by atoms with Crippen LogP contribution in [0.15, 0.2) is 0 Å². The van der Waals surface area contributed by atoms with Crippen molar-refractivity contribution in [2.24, 2.45) is 0 Å². The highest BCUT2D eigenvalue weighted by Crippen LogP contribution is 2.04. The third-order valence-electron chi connectivity index (χ3n) is 2.71. The quantitative estimate of drug-likeness (QED) is 0.485. The maximum absolute atomic E-state index is 11.6. The highest BCUT2D eigenvalue weighted by Gasteiger charge is 2.21. The van der Waals surface area contributed by atoms with E-state index in [2.05, 4.69) is 4.90 Å². The molecule has 0 atom stereocenters. The van der Waals surface area contributed by atoms with Crippen LogP contribution >= 0.6 is 0 Å². The van der Waals surface area contributed by atoms with Gasteiger partial charge in [-0.25, -0.2) is 4.79 Å². The fraction of sp³-hybridized carbons (Fsp3) is 0.818. The lowest BCUT2D eigenvalue weighted by molar-refractivity contribution is -0.108. The molecule has 0 spiro atoms. The van der Waals surface area contributed by atoms with Gasteiger partial charge in [-0.2, -0.15) is 0 Å². The molecule has 0 unspecified atom stereocenters. The molecule has 0 aromatic carbocycles. The lowest BCUT2D eigenvalue weighted by Gasteiger charge is -2.33. The number of hydrogen-bond donors (Lipinski definition) is 0. The maximum atomic E-state index is 11.6. The number of ether oxygens (including phenoxy) is 2. The predicted molar refractivity (Wildman–Crippen MR) is 61.9 cm³/mol. The average molecular weight is 244 g/mol. The average Bonchev–Trinajstić information content (AvgIpc) is 2.37. The number of nitrogens with zero attached hydrogens (tertiary/aromatic N) is 2. The van der Waals surface area contributed by atoms with Crippen molar-refractivity contribution in [1.29, 1.82) is 0 Å². The van der Waals surface area contributed by atoms with E-state index in [0.717, 1.165) is 25.9 Å². The molecule has 0 bridgehead atoms. The van der Waals surface area contributed by atoms with Gasteiger partial charge in [-0.1, -0.05) is 0 Å². The van der Waals surface area contributed by atoms with E-state index in [9.17, 15) is 9.59 Å². The van der Waals surface area contributed by atoms with E-state index in [1.807, 2.05) is 0 Å². The minimum absolute atomic E-state index is 0.280. The van der Waals surface area contributed by atoms with E-state index in [-0.39, 0.29) is 6.09 Å². The Hall–Kier alpha value is -1.14. The zero-order valence-electron chi connectivity index (χ0n) is 10.3. The molecule has 0 radical (unpaired) electrons. The van der Waals surface area contributed by atoms with E-state index in [4.69, 9.17) is 9.47 Å². The van der Waals surface area contributed by atoms with Crippen LogP contribution in [0.4, 0.5) is 4.79 Å². The van der Waals surface area contributed by atoms with Crippen LogP contribution in [0.1, 0.15) is 6.42 Å². The Morgan fingerprint density at radius 1 is 1.24 bits per heavy atom. The van der Waals surface area contributed by atoms with Crippen LogP contribution in [0.25, 0.3) is 0 Å². The molecule has 0 aromatic rings. The van der Waals surface area contributed by atoms with Gasteiger partial charge in [-0.05, 0) is 0 Å². The molecule has 0 N–H and O–H groups in total. The Balaban J connectivity index is 2.17. The first-order valence-corrected chi connectivity index (χ1v) is 5.84. The molecule has 1 saturated heterocycles. The van der Waals surface area contributed by atoms with Gasteiger partial charge in [0.1, 0.15) is 12.9 Å². The Labute approximate surface area is 101 Å². The third kappa shape index (κ3) is 5.14. The van der Waals surface area contributed by atoms with Crippen molar-refractivity contribution in [2.75, 3.05) is 53.0 Å². The van der Waals surface area contributed by atoms with Gasteiger partial charge >= 0.3 is 6.09 Å². The Bertz CT molecular complexity index is 240. The topological polar surface area (TPSA) is 59.1 Å². The molecule has 17 heavy (non-hydrogen) atoms. The second-order valence-electron chi connectivity index (χ2n) is 3.89.